The molecule has 2 fully saturated rings. The van der Waals surface area contributed by atoms with E-state index in [1.807, 2.05) is 0 Å². The van der Waals surface area contributed by atoms with Gasteiger partial charge in [0.25, 0.3) is 11.8 Å². The van der Waals surface area contributed by atoms with Crippen molar-refractivity contribution < 1.29 is 42.7 Å². The molecule has 1 aromatic rings. The van der Waals surface area contributed by atoms with Crippen molar-refractivity contribution in [2.24, 2.45) is 5.16 Å². The Morgan fingerprint density at radius 1 is 1.36 bits per heavy atom. The summed E-state index contributed by atoms with van der Waals surface area (Å²) in [5, 5.41) is 24.9. The molecule has 0 radical (unpaired) electrons. The minimum Gasteiger partial charge on any atom is -0.477 e. The summed E-state index contributed by atoms with van der Waals surface area (Å²) in [5.74, 6) is -4.01. The van der Waals surface area contributed by atoms with Crippen LogP contribution in [0.2, 0.25) is 0 Å². The van der Waals surface area contributed by atoms with Gasteiger partial charge in [-0.05, 0) is 18.1 Å². The maximum Gasteiger partial charge on any atom is 0.406 e. The molecule has 2 unspecified atom stereocenters. The number of oxime groups is 1. The normalized spacial score (nSPS) is 23.8. The van der Waals surface area contributed by atoms with Crippen LogP contribution in [0.25, 0.3) is 0 Å². The number of aliphatic carboxylic acids is 1. The van der Waals surface area contributed by atoms with E-state index in [0.29, 0.717) is 4.90 Å². The molecule has 1 aromatic heterocycles. The molecule has 0 bridgehead atoms. The fraction of sp³-hybridized carbons (Fsp3) is 0.368. The van der Waals surface area contributed by atoms with Gasteiger partial charge in [-0.3, -0.25) is 19.3 Å². The number of amides is 3. The van der Waals surface area contributed by atoms with E-state index in [1.165, 1.54) is 11.5 Å². The average Bonchev–Trinajstić information content (AvgIpc) is 3.37. The number of nitrogen functional groups attached to an aromatic ring is 1. The Morgan fingerprint density at radius 2 is 2.08 bits per heavy atom. The molecule has 3 aliphatic heterocycles. The van der Waals surface area contributed by atoms with E-state index < -0.39 is 59.2 Å². The van der Waals surface area contributed by atoms with E-state index in [4.69, 9.17) is 5.73 Å². The molecule has 5 N–H and O–H groups in total. The molecular formula is C19H17F3N6O6S2. The lowest BCUT2D eigenvalue weighted by Gasteiger charge is -2.49. The molecule has 0 aliphatic carbocycles. The lowest BCUT2D eigenvalue weighted by atomic mass is 10.0. The Bertz CT molecular complexity index is 1240. The lowest BCUT2D eigenvalue weighted by molar-refractivity contribution is -0.156. The van der Waals surface area contributed by atoms with E-state index in [9.17, 15) is 42.7 Å². The van der Waals surface area contributed by atoms with Gasteiger partial charge in [-0.15, -0.1) is 23.1 Å². The first-order chi connectivity index (χ1) is 16.9. The fourth-order valence-electron chi connectivity index (χ4n) is 3.95. The first kappa shape index (κ1) is 25.5. The van der Waals surface area contributed by atoms with Crippen LogP contribution in [0.4, 0.5) is 18.3 Å². The van der Waals surface area contributed by atoms with Gasteiger partial charge in [0.15, 0.2) is 10.8 Å². The number of aromatic nitrogens is 1. The summed E-state index contributed by atoms with van der Waals surface area (Å²) in [6.07, 6.45) is -3.36. The van der Waals surface area contributed by atoms with Gasteiger partial charge in [-0.2, -0.15) is 13.2 Å². The number of hydrogen-bond donors (Lipinski definition) is 4. The molecular weight excluding hydrogens is 529 g/mol. The van der Waals surface area contributed by atoms with Gasteiger partial charge < -0.3 is 26.3 Å². The highest BCUT2D eigenvalue weighted by Crippen LogP contribution is 2.41. The van der Waals surface area contributed by atoms with Gasteiger partial charge in [0, 0.05) is 23.3 Å². The van der Waals surface area contributed by atoms with Crippen LogP contribution in [0.1, 0.15) is 12.1 Å². The van der Waals surface area contributed by atoms with Crippen molar-refractivity contribution >= 4 is 57.6 Å². The molecule has 0 saturated carbocycles. The molecule has 17 heteroatoms. The maximum atomic E-state index is 12.8. The van der Waals surface area contributed by atoms with Crippen LogP contribution >= 0.6 is 23.1 Å². The molecule has 0 aromatic carbocycles. The van der Waals surface area contributed by atoms with Crippen molar-refractivity contribution in [3.05, 3.63) is 34.0 Å². The third-order valence-corrected chi connectivity index (χ3v) is 7.47. The van der Waals surface area contributed by atoms with Gasteiger partial charge in [-0.25, -0.2) is 9.78 Å². The zero-order chi connectivity index (χ0) is 26.4. The number of allylic oxidation sites excluding steroid dienone is 1. The van der Waals surface area contributed by atoms with Gasteiger partial charge in [0.1, 0.15) is 29.4 Å². The number of alkyl halides is 3. The number of carbonyl (C=O) groups is 4. The molecule has 12 nitrogen and oxygen atoms in total. The highest BCUT2D eigenvalue weighted by molar-refractivity contribution is 8.00. The topological polar surface area (TPSA) is 179 Å². The lowest BCUT2D eigenvalue weighted by Crippen LogP contribution is -2.71. The number of likely N-dealkylation sites (tertiary alicyclic amines) is 1. The number of β-lactam (4-membered cyclic amide) rings is 1. The summed E-state index contributed by atoms with van der Waals surface area (Å²) in [7, 11) is 0. The smallest absolute Gasteiger partial charge is 0.406 e. The molecule has 3 aliphatic rings. The number of nitrogens with one attached hydrogen (secondary N) is 1. The molecule has 192 valence electrons. The van der Waals surface area contributed by atoms with Crippen LogP contribution in [0, 0.1) is 0 Å². The van der Waals surface area contributed by atoms with Crippen LogP contribution in [0.15, 0.2) is 33.5 Å². The first-order valence-corrected chi connectivity index (χ1v) is 12.1. The Kier molecular flexibility index (Phi) is 6.70. The molecule has 4 rings (SSSR count). The summed E-state index contributed by atoms with van der Waals surface area (Å²) in [5.41, 5.74) is 4.69. The summed E-state index contributed by atoms with van der Waals surface area (Å²) in [4.78, 5) is 55.1. The van der Waals surface area contributed by atoms with E-state index in [-0.39, 0.29) is 40.7 Å². The van der Waals surface area contributed by atoms with Crippen LogP contribution in [-0.2, 0) is 19.2 Å². The minimum absolute atomic E-state index is 0.00353. The van der Waals surface area contributed by atoms with Crippen molar-refractivity contribution in [1.82, 2.24) is 20.1 Å². The number of anilines is 1. The quantitative estimate of drug-likeness (QED) is 0.129. The standard InChI is InChI=1S/C19H17F3N6O6S2/c20-19(21,22)6-27-2-1-7(14(27)30)3-8-4-35-16-11(15(31)28(16)12(8)17(32)33)25-13(29)10(26-34)9-5-36-18(23)24-9/h3,5,11,16,34H,1-2,4,6H2,(H2,23,24)(H,25,29)(H,32,33). The van der Waals surface area contributed by atoms with Crippen LogP contribution in [0.3, 0.4) is 0 Å². The number of fused-ring (bicyclic) bond motifs is 1. The summed E-state index contributed by atoms with van der Waals surface area (Å²) in [6.45, 7) is -1.57. The van der Waals surface area contributed by atoms with Crippen molar-refractivity contribution in [2.75, 3.05) is 24.6 Å². The third-order valence-electron chi connectivity index (χ3n) is 5.50. The number of nitrogens with two attached hydrogens (primary N) is 1. The second-order valence-corrected chi connectivity index (χ2v) is 9.82. The number of hydrogen-bond acceptors (Lipinski definition) is 10. The van der Waals surface area contributed by atoms with Crippen molar-refractivity contribution in [3.63, 3.8) is 0 Å². The Labute approximate surface area is 208 Å². The van der Waals surface area contributed by atoms with E-state index in [0.717, 1.165) is 28.0 Å². The molecule has 2 atom stereocenters. The van der Waals surface area contributed by atoms with Crippen LogP contribution in [0.5, 0.6) is 0 Å². The number of thiazole rings is 1. The predicted molar refractivity (Wildman–Crippen MR) is 120 cm³/mol. The van der Waals surface area contributed by atoms with Gasteiger partial charge in [0.2, 0.25) is 5.91 Å². The summed E-state index contributed by atoms with van der Waals surface area (Å²) < 4.78 is 38.0. The second-order valence-electron chi connectivity index (χ2n) is 7.82. The molecule has 0 spiro atoms. The van der Waals surface area contributed by atoms with E-state index >= 15 is 0 Å². The number of carboxylic acid groups (broad SMARTS) is 1. The van der Waals surface area contributed by atoms with E-state index in [2.05, 4.69) is 15.5 Å². The number of halogens is 3. The van der Waals surface area contributed by atoms with Crippen LogP contribution < -0.4 is 11.1 Å². The monoisotopic (exact) mass is 546 g/mol. The number of thioether (sulfide) groups is 1. The first-order valence-electron chi connectivity index (χ1n) is 10.1. The van der Waals surface area contributed by atoms with Gasteiger partial charge in [-0.1, -0.05) is 5.16 Å². The molecule has 3 amide bonds. The number of carbonyl (C=O) groups excluding carboxylic acids is 3. The number of rotatable bonds is 6. The molecule has 2 saturated heterocycles. The summed E-state index contributed by atoms with van der Waals surface area (Å²) in [6, 6.07) is -1.14. The fourth-order valence-corrected chi connectivity index (χ4v) is 5.80. The van der Waals surface area contributed by atoms with Crippen molar-refractivity contribution in [3.8, 4) is 0 Å². The SMILES string of the molecule is Nc1nc(C(=NO)C(=O)NC2C(=O)N3C(C(=O)O)=C(C=C4CCN(CC(F)(F)F)C4=O)CSC23)cs1. The highest BCUT2D eigenvalue weighted by Gasteiger charge is 2.54. The number of carboxylic acids is 1. The maximum absolute atomic E-state index is 12.8. The van der Waals surface area contributed by atoms with Gasteiger partial charge >= 0.3 is 12.1 Å². The van der Waals surface area contributed by atoms with Crippen molar-refractivity contribution in [2.45, 2.75) is 24.0 Å². The van der Waals surface area contributed by atoms with Gasteiger partial charge in [0.05, 0.1) is 0 Å². The molecule has 36 heavy (non-hydrogen) atoms. The predicted octanol–water partition coefficient (Wildman–Crippen LogP) is 0.363. The highest BCUT2D eigenvalue weighted by atomic mass is 32.2. The van der Waals surface area contributed by atoms with E-state index in [1.54, 1.807) is 0 Å². The largest absolute Gasteiger partial charge is 0.477 e. The average molecular weight is 547 g/mol. The van der Waals surface area contributed by atoms with Crippen molar-refractivity contribution in [1.29, 1.82) is 0 Å². The zero-order valence-corrected chi connectivity index (χ0v) is 19.6. The third kappa shape index (κ3) is 4.75. The second kappa shape index (κ2) is 9.45. The Hall–Kier alpha value is -3.60. The Balaban J connectivity index is 1.52. The Morgan fingerprint density at radius 3 is 2.67 bits per heavy atom. The summed E-state index contributed by atoms with van der Waals surface area (Å²) >= 11 is 2.09. The molecule has 4 heterocycles. The number of nitrogens with zero attached hydrogens (tertiary/aromatic N) is 4. The zero-order valence-electron chi connectivity index (χ0n) is 18.0. The van der Waals surface area contributed by atoms with Crippen LogP contribution in [-0.4, -0.2) is 90.9 Å². The minimum atomic E-state index is -4.57.